The zero-order valence-electron chi connectivity index (χ0n) is 5.94. The van der Waals surface area contributed by atoms with Crippen molar-refractivity contribution >= 4 is 0 Å². The smallest absolute Gasteiger partial charge is 0.0833 e. The van der Waals surface area contributed by atoms with Gasteiger partial charge in [0.2, 0.25) is 0 Å². The minimum absolute atomic E-state index is 0.110. The molecule has 0 saturated carbocycles. The Morgan fingerprint density at radius 1 is 1.55 bits per heavy atom. The van der Waals surface area contributed by atoms with Crippen LogP contribution in [-0.4, -0.2) is 11.7 Å². The molecule has 2 unspecified atom stereocenters. The maximum Gasteiger partial charge on any atom is 0.0833 e. The van der Waals surface area contributed by atoms with Gasteiger partial charge in [0.1, 0.15) is 0 Å². The third-order valence-corrected chi connectivity index (χ3v) is 0.792. The summed E-state index contributed by atoms with van der Waals surface area (Å²) in [6.45, 7) is 1.67. The lowest BCUT2D eigenvalue weighted by atomic mass is 10.8. The van der Waals surface area contributed by atoms with Crippen LogP contribution in [0.4, 0.5) is 0 Å². The molecule has 0 spiro atoms. The summed E-state index contributed by atoms with van der Waals surface area (Å²) in [6, 6.07) is 0. The number of rotatable bonds is 5. The summed E-state index contributed by atoms with van der Waals surface area (Å²) in [5.74, 6) is 9.11. The summed E-state index contributed by atoms with van der Waals surface area (Å²) >= 11 is 0. The van der Waals surface area contributed by atoms with E-state index in [9.17, 15) is 10.4 Å². The third-order valence-electron chi connectivity index (χ3n) is 0.792. The molecule has 9 heteroatoms. The van der Waals surface area contributed by atoms with Gasteiger partial charge < -0.3 is 10.4 Å². The number of nitrogens with one attached hydrogen (secondary N) is 2. The molecule has 0 aliphatic rings. The van der Waals surface area contributed by atoms with Crippen LogP contribution < -0.4 is 22.4 Å². The van der Waals surface area contributed by atoms with Crippen molar-refractivity contribution in [2.45, 2.75) is 6.92 Å². The van der Waals surface area contributed by atoms with Crippen LogP contribution in [0.2, 0.25) is 0 Å². The highest BCUT2D eigenvalue weighted by atomic mass is 17.1. The molecule has 0 bridgehead atoms. The molecule has 0 aliphatic heterocycles. The van der Waals surface area contributed by atoms with Crippen LogP contribution in [0.15, 0.2) is 0 Å². The second-order valence-corrected chi connectivity index (χ2v) is 1.49. The molecule has 0 aliphatic carbocycles. The Bertz CT molecular complexity index is 100. The van der Waals surface area contributed by atoms with Gasteiger partial charge in [-0.3, -0.25) is 0 Å². The number of hydroxylamine groups is 1. The van der Waals surface area contributed by atoms with Crippen molar-refractivity contribution in [1.29, 1.82) is 0 Å². The summed E-state index contributed by atoms with van der Waals surface area (Å²) in [6.07, 6.45) is 0. The largest absolute Gasteiger partial charge is 0.578 e. The summed E-state index contributed by atoms with van der Waals surface area (Å²) < 4.78 is 0. The molecule has 11 heavy (non-hydrogen) atoms. The first-order valence-electron chi connectivity index (χ1n) is 2.77. The zero-order valence-corrected chi connectivity index (χ0v) is 5.94. The molecule has 0 aromatic heterocycles. The summed E-state index contributed by atoms with van der Waals surface area (Å²) in [5.41, 5.74) is 0. The van der Waals surface area contributed by atoms with Gasteiger partial charge in [-0.1, -0.05) is 10.3 Å². The Labute approximate surface area is 62.5 Å². The van der Waals surface area contributed by atoms with Gasteiger partial charge in [0, 0.05) is 0 Å². The summed E-state index contributed by atoms with van der Waals surface area (Å²) in [4.78, 5) is 7.93. The number of quaternary nitrogens is 2. The molecule has 0 aromatic rings. The molecule has 0 saturated heterocycles. The Morgan fingerprint density at radius 3 is 2.36 bits per heavy atom. The van der Waals surface area contributed by atoms with Crippen molar-refractivity contribution in [3.05, 3.63) is 10.4 Å². The van der Waals surface area contributed by atoms with Crippen LogP contribution in [0, 0.1) is 10.4 Å². The Morgan fingerprint density at radius 2 is 2.09 bits per heavy atom. The Kier molecular flexibility index (Phi) is 5.14. The lowest BCUT2D eigenvalue weighted by molar-refractivity contribution is -1.25. The minimum Gasteiger partial charge on any atom is -0.578 e. The highest BCUT2D eigenvalue weighted by molar-refractivity contribution is 4.09. The maximum atomic E-state index is 10.5. The molecular formula is C2H11N5O4. The fourth-order valence-corrected chi connectivity index (χ4v) is 0.398. The van der Waals surface area contributed by atoms with E-state index in [1.54, 1.807) is 6.92 Å². The number of nitrogens with two attached hydrogens (primary N) is 2. The second-order valence-electron chi connectivity index (χ2n) is 1.49. The molecule has 68 valence electrons. The molecule has 0 aromatic carbocycles. The van der Waals surface area contributed by atoms with Gasteiger partial charge in [-0.05, 0) is 11.9 Å². The molecule has 0 fully saturated rings. The fourth-order valence-electron chi connectivity index (χ4n) is 0.398. The van der Waals surface area contributed by atoms with Crippen LogP contribution in [0.25, 0.3) is 0 Å². The van der Waals surface area contributed by atoms with E-state index in [2.05, 4.69) is 21.6 Å². The van der Waals surface area contributed by atoms with Crippen molar-refractivity contribution in [2.75, 3.05) is 6.54 Å². The van der Waals surface area contributed by atoms with Crippen molar-refractivity contribution in [2.24, 2.45) is 11.7 Å². The van der Waals surface area contributed by atoms with Crippen molar-refractivity contribution in [3.8, 4) is 0 Å². The molecular weight excluding hydrogens is 158 g/mol. The normalized spacial score (nSPS) is 16.9. The van der Waals surface area contributed by atoms with Gasteiger partial charge in [0.05, 0.1) is 11.7 Å². The predicted octanol–water partition coefficient (Wildman–Crippen LogP) is -4.49. The topological polar surface area (TPSA) is 129 Å². The average molecular weight is 169 g/mol. The highest BCUT2D eigenvalue weighted by Crippen LogP contribution is 1.68. The molecule has 0 radical (unpaired) electrons. The lowest BCUT2D eigenvalue weighted by Gasteiger charge is -2.26. The fraction of sp³-hybridized carbons (Fsp3) is 1.00. The number of hydrogen-bond donors (Lipinski definition) is 4. The van der Waals surface area contributed by atoms with Crippen LogP contribution in [0.1, 0.15) is 6.92 Å². The van der Waals surface area contributed by atoms with Crippen LogP contribution in [0.5, 0.6) is 0 Å². The monoisotopic (exact) mass is 169 g/mol. The highest BCUT2D eigenvalue weighted by Gasteiger charge is 2.14. The van der Waals surface area contributed by atoms with Crippen molar-refractivity contribution in [3.63, 3.8) is 0 Å². The van der Waals surface area contributed by atoms with Gasteiger partial charge in [0.25, 0.3) is 0 Å². The maximum absolute atomic E-state index is 10.5. The van der Waals surface area contributed by atoms with E-state index in [1.165, 1.54) is 0 Å². The second kappa shape index (κ2) is 5.31. The number of hydrogen-bond acceptors (Lipinski definition) is 7. The Hall–Kier alpha value is -0.360. The van der Waals surface area contributed by atoms with Gasteiger partial charge in [-0.25, -0.2) is 0 Å². The molecule has 0 heterocycles. The molecule has 0 rings (SSSR count). The SMILES string of the molecule is CCN(O[NH+](N)[O-])[NH+]([O-])ON. The van der Waals surface area contributed by atoms with E-state index in [4.69, 9.17) is 0 Å². The third kappa shape index (κ3) is 4.15. The van der Waals surface area contributed by atoms with E-state index in [0.717, 1.165) is 0 Å². The van der Waals surface area contributed by atoms with Gasteiger partial charge in [-0.2, -0.15) is 5.90 Å². The molecule has 6 N–H and O–H groups in total. The average Bonchev–Trinajstić information content (AvgIpc) is 1.98. The van der Waals surface area contributed by atoms with Crippen molar-refractivity contribution < 1.29 is 20.5 Å². The quantitative estimate of drug-likeness (QED) is 0.241. The lowest BCUT2D eigenvalue weighted by Crippen LogP contribution is -3.22. The van der Waals surface area contributed by atoms with E-state index in [0.29, 0.717) is 5.17 Å². The van der Waals surface area contributed by atoms with E-state index >= 15 is 0 Å². The van der Waals surface area contributed by atoms with Gasteiger partial charge in [0.15, 0.2) is 0 Å². The van der Waals surface area contributed by atoms with E-state index in [-0.39, 0.29) is 6.54 Å². The first-order chi connectivity index (χ1) is 5.11. The van der Waals surface area contributed by atoms with Gasteiger partial charge >= 0.3 is 0 Å². The first kappa shape index (κ1) is 10.6. The predicted molar refractivity (Wildman–Crippen MR) is 31.6 cm³/mol. The van der Waals surface area contributed by atoms with E-state index < -0.39 is 10.7 Å². The minimum atomic E-state index is -1.10. The molecule has 2 atom stereocenters. The summed E-state index contributed by atoms with van der Waals surface area (Å²) in [5, 5.41) is 19.1. The van der Waals surface area contributed by atoms with Crippen LogP contribution >= 0.6 is 0 Å². The van der Waals surface area contributed by atoms with Crippen LogP contribution in [0.3, 0.4) is 0 Å². The first-order valence-corrected chi connectivity index (χ1v) is 2.77. The van der Waals surface area contributed by atoms with E-state index in [1.807, 2.05) is 0 Å². The van der Waals surface area contributed by atoms with Crippen molar-refractivity contribution in [1.82, 2.24) is 5.17 Å². The molecule has 9 nitrogen and oxygen atoms in total. The zero-order chi connectivity index (χ0) is 8.85. The standard InChI is InChI=1S/C2H11N5O4/c1-2-5(7(9)10-4)11-6(3)8/h6-7H,2-4H2,1H3. The Balaban J connectivity index is 3.74. The van der Waals surface area contributed by atoms with Crippen LogP contribution in [-0.2, 0) is 9.88 Å². The molecule has 0 amide bonds. The summed E-state index contributed by atoms with van der Waals surface area (Å²) in [7, 11) is 0. The number of nitrogens with zero attached hydrogens (tertiary/aromatic N) is 1. The van der Waals surface area contributed by atoms with Gasteiger partial charge in [-0.15, -0.1) is 11.2 Å².